The van der Waals surface area contributed by atoms with E-state index in [1.165, 1.54) is 25.7 Å². The van der Waals surface area contributed by atoms with E-state index in [4.69, 9.17) is 0 Å². The van der Waals surface area contributed by atoms with Gasteiger partial charge in [0.2, 0.25) is 0 Å². The van der Waals surface area contributed by atoms with Gasteiger partial charge in [-0.3, -0.25) is 0 Å². The fourth-order valence-corrected chi connectivity index (χ4v) is 1.39. The lowest BCUT2D eigenvalue weighted by Gasteiger charge is -2.05. The van der Waals surface area contributed by atoms with Crippen LogP contribution in [0, 0.1) is 0 Å². The minimum Gasteiger partial charge on any atom is -0.389 e. The van der Waals surface area contributed by atoms with Gasteiger partial charge in [-0.2, -0.15) is 0 Å². The number of aliphatic hydroxyl groups is 1. The van der Waals surface area contributed by atoms with Crippen molar-refractivity contribution in [3.05, 3.63) is 23.8 Å². The standard InChI is InChI=1S/C14H26O/c1-4-6-8-10-12-14(13(3)15)11-9-7-5-2/h10-13,15H,4-9H2,1-3H3. The fourth-order valence-electron chi connectivity index (χ4n) is 1.39. The third kappa shape index (κ3) is 8.44. The molecule has 1 N–H and O–H groups in total. The van der Waals surface area contributed by atoms with Gasteiger partial charge in [0, 0.05) is 0 Å². The Kier molecular flexibility index (Phi) is 9.60. The SMILES string of the molecule is CCCCC=CC(=CCCCC)C(C)O. The predicted molar refractivity (Wildman–Crippen MR) is 68.0 cm³/mol. The average Bonchev–Trinajstić information content (AvgIpc) is 2.21. The van der Waals surface area contributed by atoms with Gasteiger partial charge in [-0.25, -0.2) is 0 Å². The minimum atomic E-state index is -0.334. The van der Waals surface area contributed by atoms with E-state index in [1.807, 2.05) is 6.92 Å². The zero-order valence-corrected chi connectivity index (χ0v) is 10.5. The monoisotopic (exact) mass is 210 g/mol. The quantitative estimate of drug-likeness (QED) is 0.469. The Bertz CT molecular complexity index is 190. The molecule has 0 amide bonds. The molecule has 1 heteroatoms. The van der Waals surface area contributed by atoms with Gasteiger partial charge in [-0.1, -0.05) is 57.8 Å². The lowest BCUT2D eigenvalue weighted by molar-refractivity contribution is 0.235. The normalized spacial score (nSPS) is 14.8. The smallest absolute Gasteiger partial charge is 0.0758 e. The molecule has 88 valence electrons. The first-order valence-corrected chi connectivity index (χ1v) is 6.27. The van der Waals surface area contributed by atoms with Crippen molar-refractivity contribution in [2.24, 2.45) is 0 Å². The summed E-state index contributed by atoms with van der Waals surface area (Å²) < 4.78 is 0. The fraction of sp³-hybridized carbons (Fsp3) is 0.714. The summed E-state index contributed by atoms with van der Waals surface area (Å²) >= 11 is 0. The molecule has 0 aromatic heterocycles. The molecule has 0 aliphatic heterocycles. The second-order valence-electron chi connectivity index (χ2n) is 4.07. The van der Waals surface area contributed by atoms with E-state index in [2.05, 4.69) is 32.1 Å². The Morgan fingerprint density at radius 1 is 1.13 bits per heavy atom. The molecule has 1 atom stereocenters. The average molecular weight is 210 g/mol. The van der Waals surface area contributed by atoms with Crippen LogP contribution >= 0.6 is 0 Å². The van der Waals surface area contributed by atoms with Crippen LogP contribution in [0.15, 0.2) is 23.8 Å². The van der Waals surface area contributed by atoms with Crippen molar-refractivity contribution < 1.29 is 5.11 Å². The van der Waals surface area contributed by atoms with Crippen LogP contribution in [-0.4, -0.2) is 11.2 Å². The Balaban J connectivity index is 4.03. The zero-order valence-electron chi connectivity index (χ0n) is 10.5. The Morgan fingerprint density at radius 2 is 1.73 bits per heavy atom. The van der Waals surface area contributed by atoms with E-state index in [-0.39, 0.29) is 6.10 Å². The van der Waals surface area contributed by atoms with Crippen molar-refractivity contribution >= 4 is 0 Å². The van der Waals surface area contributed by atoms with Crippen LogP contribution in [0.5, 0.6) is 0 Å². The van der Waals surface area contributed by atoms with E-state index in [1.54, 1.807) is 0 Å². The lowest BCUT2D eigenvalue weighted by atomic mass is 10.1. The van der Waals surface area contributed by atoms with Crippen molar-refractivity contribution in [1.82, 2.24) is 0 Å². The molecule has 0 aromatic carbocycles. The molecule has 1 unspecified atom stereocenters. The molecular formula is C14H26O. The highest BCUT2D eigenvalue weighted by Gasteiger charge is 1.99. The van der Waals surface area contributed by atoms with Crippen molar-refractivity contribution in [3.63, 3.8) is 0 Å². The second-order valence-corrected chi connectivity index (χ2v) is 4.07. The van der Waals surface area contributed by atoms with Crippen molar-refractivity contribution in [2.45, 2.75) is 65.4 Å². The molecule has 0 saturated carbocycles. The highest BCUT2D eigenvalue weighted by molar-refractivity contribution is 5.22. The summed E-state index contributed by atoms with van der Waals surface area (Å²) in [5, 5.41) is 9.55. The third-order valence-electron chi connectivity index (χ3n) is 2.45. The van der Waals surface area contributed by atoms with E-state index >= 15 is 0 Å². The van der Waals surface area contributed by atoms with Crippen molar-refractivity contribution in [2.75, 3.05) is 0 Å². The number of allylic oxidation sites excluding steroid dienone is 2. The molecule has 0 radical (unpaired) electrons. The number of aliphatic hydroxyl groups excluding tert-OH is 1. The molecule has 0 heterocycles. The number of rotatable bonds is 8. The van der Waals surface area contributed by atoms with Crippen LogP contribution in [0.3, 0.4) is 0 Å². The van der Waals surface area contributed by atoms with Crippen LogP contribution in [0.4, 0.5) is 0 Å². The summed E-state index contributed by atoms with van der Waals surface area (Å²) in [4.78, 5) is 0. The summed E-state index contributed by atoms with van der Waals surface area (Å²) in [7, 11) is 0. The topological polar surface area (TPSA) is 20.2 Å². The van der Waals surface area contributed by atoms with E-state index < -0.39 is 0 Å². The maximum absolute atomic E-state index is 9.55. The summed E-state index contributed by atoms with van der Waals surface area (Å²) in [6, 6.07) is 0. The van der Waals surface area contributed by atoms with Crippen LogP contribution in [0.25, 0.3) is 0 Å². The molecule has 1 nitrogen and oxygen atoms in total. The summed E-state index contributed by atoms with van der Waals surface area (Å²) in [5.41, 5.74) is 1.07. The largest absolute Gasteiger partial charge is 0.389 e. The molecule has 15 heavy (non-hydrogen) atoms. The van der Waals surface area contributed by atoms with Crippen LogP contribution in [-0.2, 0) is 0 Å². The van der Waals surface area contributed by atoms with Gasteiger partial charge in [0.1, 0.15) is 0 Å². The highest BCUT2D eigenvalue weighted by Crippen LogP contribution is 2.09. The zero-order chi connectivity index (χ0) is 11.5. The summed E-state index contributed by atoms with van der Waals surface area (Å²) in [5.74, 6) is 0. The molecule has 0 aliphatic carbocycles. The Labute approximate surface area is 94.9 Å². The first-order valence-electron chi connectivity index (χ1n) is 6.27. The molecule has 0 fully saturated rings. The number of hydrogen-bond acceptors (Lipinski definition) is 1. The van der Waals surface area contributed by atoms with E-state index in [0.717, 1.165) is 18.4 Å². The van der Waals surface area contributed by atoms with Gasteiger partial charge in [0.25, 0.3) is 0 Å². The number of unbranched alkanes of at least 4 members (excludes halogenated alkanes) is 4. The Hall–Kier alpha value is -0.560. The van der Waals surface area contributed by atoms with E-state index in [9.17, 15) is 5.11 Å². The van der Waals surface area contributed by atoms with Gasteiger partial charge in [0.05, 0.1) is 6.10 Å². The highest BCUT2D eigenvalue weighted by atomic mass is 16.3. The van der Waals surface area contributed by atoms with Crippen LogP contribution < -0.4 is 0 Å². The van der Waals surface area contributed by atoms with Crippen molar-refractivity contribution in [3.8, 4) is 0 Å². The lowest BCUT2D eigenvalue weighted by Crippen LogP contribution is -2.02. The van der Waals surface area contributed by atoms with Gasteiger partial charge in [-0.15, -0.1) is 0 Å². The summed E-state index contributed by atoms with van der Waals surface area (Å²) in [6.45, 7) is 6.22. The number of hydrogen-bond donors (Lipinski definition) is 1. The molecule has 0 saturated heterocycles. The van der Waals surface area contributed by atoms with Crippen LogP contribution in [0.1, 0.15) is 59.3 Å². The first-order chi connectivity index (χ1) is 7.22. The summed E-state index contributed by atoms with van der Waals surface area (Å²) in [6.07, 6.45) is 13.2. The van der Waals surface area contributed by atoms with Gasteiger partial charge < -0.3 is 5.11 Å². The predicted octanol–water partition coefficient (Wildman–Crippen LogP) is 4.23. The second kappa shape index (κ2) is 9.97. The maximum Gasteiger partial charge on any atom is 0.0758 e. The molecular weight excluding hydrogens is 184 g/mol. The molecule has 0 aliphatic rings. The van der Waals surface area contributed by atoms with Gasteiger partial charge in [-0.05, 0) is 25.3 Å². The molecule has 0 spiro atoms. The molecule has 0 rings (SSSR count). The molecule has 0 bridgehead atoms. The Morgan fingerprint density at radius 3 is 2.27 bits per heavy atom. The minimum absolute atomic E-state index is 0.334. The van der Waals surface area contributed by atoms with Gasteiger partial charge in [0.15, 0.2) is 0 Å². The first kappa shape index (κ1) is 14.4. The maximum atomic E-state index is 9.55. The molecule has 0 aromatic rings. The van der Waals surface area contributed by atoms with Crippen LogP contribution in [0.2, 0.25) is 0 Å². The third-order valence-corrected chi connectivity index (χ3v) is 2.45. The van der Waals surface area contributed by atoms with E-state index in [0.29, 0.717) is 0 Å². The van der Waals surface area contributed by atoms with Gasteiger partial charge >= 0.3 is 0 Å². The van der Waals surface area contributed by atoms with Crippen molar-refractivity contribution in [1.29, 1.82) is 0 Å².